The van der Waals surface area contributed by atoms with Crippen LogP contribution in [-0.2, 0) is 10.3 Å². The second-order valence-electron chi connectivity index (χ2n) is 5.36. The zero-order chi connectivity index (χ0) is 15.2. The highest BCUT2D eigenvalue weighted by Gasteiger charge is 2.36. The zero-order valence-corrected chi connectivity index (χ0v) is 13.0. The van der Waals surface area contributed by atoms with Crippen LogP contribution in [0.4, 0.5) is 0 Å². The number of rotatable bonds is 8. The van der Waals surface area contributed by atoms with Gasteiger partial charge in [-0.15, -0.1) is 0 Å². The standard InChI is InChI=1S/C16H27N3O/c1-5-19(13(2)3)12-11-16(18-4,15(17)20)14-9-7-6-8-10-14/h6-10,13,18H,5,11-12H2,1-4H3,(H2,17,20). The van der Waals surface area contributed by atoms with Gasteiger partial charge in [0.25, 0.3) is 0 Å². The summed E-state index contributed by atoms with van der Waals surface area (Å²) in [7, 11) is 1.80. The maximum absolute atomic E-state index is 12.1. The van der Waals surface area contributed by atoms with Crippen LogP contribution in [0.2, 0.25) is 0 Å². The number of nitrogens with zero attached hydrogens (tertiary/aromatic N) is 1. The summed E-state index contributed by atoms with van der Waals surface area (Å²) in [5.74, 6) is -0.328. The van der Waals surface area contributed by atoms with Gasteiger partial charge in [-0.3, -0.25) is 4.79 Å². The van der Waals surface area contributed by atoms with Crippen molar-refractivity contribution < 1.29 is 4.79 Å². The Bertz CT molecular complexity index is 419. The third-order valence-electron chi connectivity index (χ3n) is 4.02. The predicted octanol–water partition coefficient (Wildman–Crippen LogP) is 1.71. The highest BCUT2D eigenvalue weighted by Crippen LogP contribution is 2.25. The second kappa shape index (κ2) is 7.41. The molecule has 0 aliphatic rings. The van der Waals surface area contributed by atoms with E-state index >= 15 is 0 Å². The highest BCUT2D eigenvalue weighted by atomic mass is 16.1. The molecule has 0 aliphatic carbocycles. The molecule has 0 radical (unpaired) electrons. The fourth-order valence-corrected chi connectivity index (χ4v) is 2.62. The molecule has 1 atom stereocenters. The lowest BCUT2D eigenvalue weighted by Gasteiger charge is -2.34. The first kappa shape index (κ1) is 16.7. The van der Waals surface area contributed by atoms with Crippen molar-refractivity contribution in [3.8, 4) is 0 Å². The average molecular weight is 277 g/mol. The summed E-state index contributed by atoms with van der Waals surface area (Å²) < 4.78 is 0. The molecule has 0 fully saturated rings. The minimum atomic E-state index is -0.802. The van der Waals surface area contributed by atoms with E-state index in [1.807, 2.05) is 30.3 Å². The summed E-state index contributed by atoms with van der Waals surface area (Å²) in [4.78, 5) is 14.4. The van der Waals surface area contributed by atoms with Crippen LogP contribution in [0, 0.1) is 0 Å². The minimum absolute atomic E-state index is 0.328. The third kappa shape index (κ3) is 3.58. The Morgan fingerprint density at radius 3 is 2.35 bits per heavy atom. The van der Waals surface area contributed by atoms with Gasteiger partial charge in [-0.1, -0.05) is 37.3 Å². The van der Waals surface area contributed by atoms with Gasteiger partial charge in [0.1, 0.15) is 5.54 Å². The van der Waals surface area contributed by atoms with E-state index in [4.69, 9.17) is 5.73 Å². The van der Waals surface area contributed by atoms with Crippen molar-refractivity contribution in [3.05, 3.63) is 35.9 Å². The first-order valence-corrected chi connectivity index (χ1v) is 7.26. The molecule has 0 aromatic heterocycles. The summed E-state index contributed by atoms with van der Waals surface area (Å²) in [5.41, 5.74) is 5.82. The maximum Gasteiger partial charge on any atom is 0.242 e. The van der Waals surface area contributed by atoms with Crippen molar-refractivity contribution in [2.45, 2.75) is 38.8 Å². The van der Waals surface area contributed by atoms with Crippen molar-refractivity contribution in [1.29, 1.82) is 0 Å². The molecule has 0 bridgehead atoms. The molecule has 20 heavy (non-hydrogen) atoms. The SMILES string of the molecule is CCN(CCC(NC)(C(N)=O)c1ccccc1)C(C)C. The van der Waals surface area contributed by atoms with E-state index in [0.717, 1.165) is 18.7 Å². The molecule has 1 rings (SSSR count). The van der Waals surface area contributed by atoms with Crippen molar-refractivity contribution in [3.63, 3.8) is 0 Å². The summed E-state index contributed by atoms with van der Waals surface area (Å²) in [5, 5.41) is 3.15. The Balaban J connectivity index is 2.99. The molecule has 0 saturated heterocycles. The Labute approximate surface area is 122 Å². The van der Waals surface area contributed by atoms with Crippen LogP contribution in [0.25, 0.3) is 0 Å². The van der Waals surface area contributed by atoms with Gasteiger partial charge in [-0.2, -0.15) is 0 Å². The molecule has 1 amide bonds. The van der Waals surface area contributed by atoms with E-state index in [-0.39, 0.29) is 5.91 Å². The van der Waals surface area contributed by atoms with Gasteiger partial charge in [0.2, 0.25) is 5.91 Å². The van der Waals surface area contributed by atoms with Crippen LogP contribution in [0.3, 0.4) is 0 Å². The zero-order valence-electron chi connectivity index (χ0n) is 13.0. The molecule has 1 aromatic rings. The largest absolute Gasteiger partial charge is 0.368 e. The van der Waals surface area contributed by atoms with Crippen LogP contribution in [-0.4, -0.2) is 37.0 Å². The molecule has 1 unspecified atom stereocenters. The number of carbonyl (C=O) groups excluding carboxylic acids is 1. The number of nitrogens with two attached hydrogens (primary N) is 1. The minimum Gasteiger partial charge on any atom is -0.368 e. The van der Waals surface area contributed by atoms with Gasteiger partial charge in [0.15, 0.2) is 0 Å². The van der Waals surface area contributed by atoms with Gasteiger partial charge >= 0.3 is 0 Å². The predicted molar refractivity (Wildman–Crippen MR) is 83.4 cm³/mol. The molecule has 1 aromatic carbocycles. The van der Waals surface area contributed by atoms with Gasteiger partial charge in [0, 0.05) is 12.6 Å². The van der Waals surface area contributed by atoms with E-state index in [1.54, 1.807) is 7.05 Å². The third-order valence-corrected chi connectivity index (χ3v) is 4.02. The molecule has 0 heterocycles. The Morgan fingerprint density at radius 2 is 1.95 bits per heavy atom. The fraction of sp³-hybridized carbons (Fsp3) is 0.562. The molecule has 3 N–H and O–H groups in total. The van der Waals surface area contributed by atoms with E-state index in [1.165, 1.54) is 0 Å². The van der Waals surface area contributed by atoms with Gasteiger partial charge in [-0.05, 0) is 39.4 Å². The van der Waals surface area contributed by atoms with Gasteiger partial charge in [0.05, 0.1) is 0 Å². The topological polar surface area (TPSA) is 58.4 Å². The first-order valence-electron chi connectivity index (χ1n) is 7.26. The van der Waals surface area contributed by atoms with Crippen LogP contribution >= 0.6 is 0 Å². The number of primary amides is 1. The Kier molecular flexibility index (Phi) is 6.17. The number of benzene rings is 1. The number of amides is 1. The van der Waals surface area contributed by atoms with Crippen molar-refractivity contribution in [1.82, 2.24) is 10.2 Å². The highest BCUT2D eigenvalue weighted by molar-refractivity contribution is 5.86. The second-order valence-corrected chi connectivity index (χ2v) is 5.36. The smallest absolute Gasteiger partial charge is 0.242 e. The fourth-order valence-electron chi connectivity index (χ4n) is 2.62. The number of likely N-dealkylation sites (N-methyl/N-ethyl adjacent to an activating group) is 1. The monoisotopic (exact) mass is 277 g/mol. The molecule has 4 nitrogen and oxygen atoms in total. The van der Waals surface area contributed by atoms with E-state index in [2.05, 4.69) is 31.0 Å². The lowest BCUT2D eigenvalue weighted by atomic mass is 9.85. The first-order chi connectivity index (χ1) is 9.47. The van der Waals surface area contributed by atoms with Crippen LogP contribution in [0.1, 0.15) is 32.8 Å². The molecule has 0 aliphatic heterocycles. The normalized spacial score (nSPS) is 14.5. The lowest BCUT2D eigenvalue weighted by Crippen LogP contribution is -2.53. The van der Waals surface area contributed by atoms with Gasteiger partial charge < -0.3 is 16.0 Å². The quantitative estimate of drug-likeness (QED) is 0.760. The van der Waals surface area contributed by atoms with Crippen molar-refractivity contribution in [2.75, 3.05) is 20.1 Å². The summed E-state index contributed by atoms with van der Waals surface area (Å²) >= 11 is 0. The van der Waals surface area contributed by atoms with Crippen LogP contribution < -0.4 is 11.1 Å². The lowest BCUT2D eigenvalue weighted by molar-refractivity contribution is -0.125. The van der Waals surface area contributed by atoms with E-state index in [0.29, 0.717) is 12.5 Å². The molecular weight excluding hydrogens is 250 g/mol. The molecule has 0 spiro atoms. The number of hydrogen-bond donors (Lipinski definition) is 2. The van der Waals surface area contributed by atoms with Crippen molar-refractivity contribution in [2.24, 2.45) is 5.73 Å². The van der Waals surface area contributed by atoms with Crippen LogP contribution in [0.15, 0.2) is 30.3 Å². The van der Waals surface area contributed by atoms with E-state index in [9.17, 15) is 4.79 Å². The average Bonchev–Trinajstić information content (AvgIpc) is 2.44. The summed E-state index contributed by atoms with van der Waals surface area (Å²) in [6.45, 7) is 8.25. The number of carbonyl (C=O) groups is 1. The molecule has 0 saturated carbocycles. The maximum atomic E-state index is 12.1. The number of nitrogens with one attached hydrogen (secondary N) is 1. The van der Waals surface area contributed by atoms with Crippen LogP contribution in [0.5, 0.6) is 0 Å². The summed E-state index contributed by atoms with van der Waals surface area (Å²) in [6.07, 6.45) is 0.662. The summed E-state index contributed by atoms with van der Waals surface area (Å²) in [6, 6.07) is 10.2. The Morgan fingerprint density at radius 1 is 1.35 bits per heavy atom. The number of hydrogen-bond acceptors (Lipinski definition) is 3. The van der Waals surface area contributed by atoms with E-state index < -0.39 is 5.54 Å². The Hall–Kier alpha value is -1.39. The van der Waals surface area contributed by atoms with Gasteiger partial charge in [-0.25, -0.2) is 0 Å². The molecule has 4 heteroatoms. The molecule has 112 valence electrons. The van der Waals surface area contributed by atoms with Crippen molar-refractivity contribution >= 4 is 5.91 Å². The molecular formula is C16H27N3O.